The fourth-order valence-corrected chi connectivity index (χ4v) is 3.04. The molecule has 1 aromatic rings. The van der Waals surface area contributed by atoms with E-state index in [1.54, 1.807) is 0 Å². The van der Waals surface area contributed by atoms with E-state index >= 15 is 0 Å². The zero-order chi connectivity index (χ0) is 15.6. The minimum Gasteiger partial charge on any atom is -0.465 e. The standard InChI is InChI=1S/C15H26N4O2/c1-10(2)14(17-15(20)21)13-9-19(11(3)16-13)8-12-5-6-18(4)7-12/h9-10,12,14,17H,5-8H2,1-4H3,(H,20,21)/t12-,14-/m0/s1. The Hall–Kier alpha value is -1.56. The lowest BCUT2D eigenvalue weighted by Gasteiger charge is -2.18. The van der Waals surface area contributed by atoms with Crippen LogP contribution in [0.1, 0.15) is 37.8 Å². The van der Waals surface area contributed by atoms with E-state index in [1.165, 1.54) is 6.42 Å². The summed E-state index contributed by atoms with van der Waals surface area (Å²) in [6.07, 6.45) is 2.22. The number of rotatable bonds is 5. The Morgan fingerprint density at radius 2 is 2.29 bits per heavy atom. The first-order valence-electron chi connectivity index (χ1n) is 7.58. The topological polar surface area (TPSA) is 70.4 Å². The highest BCUT2D eigenvalue weighted by Gasteiger charge is 2.24. The molecule has 1 aliphatic rings. The van der Waals surface area contributed by atoms with Gasteiger partial charge in [-0.3, -0.25) is 0 Å². The van der Waals surface area contributed by atoms with Gasteiger partial charge in [-0.15, -0.1) is 0 Å². The van der Waals surface area contributed by atoms with Crippen LogP contribution in [0, 0.1) is 18.8 Å². The third-order valence-electron chi connectivity index (χ3n) is 4.20. The second-order valence-electron chi connectivity index (χ2n) is 6.45. The van der Waals surface area contributed by atoms with E-state index < -0.39 is 6.09 Å². The van der Waals surface area contributed by atoms with Gasteiger partial charge in [0.25, 0.3) is 0 Å². The third kappa shape index (κ3) is 3.97. The molecule has 21 heavy (non-hydrogen) atoms. The quantitative estimate of drug-likeness (QED) is 0.872. The van der Waals surface area contributed by atoms with Gasteiger partial charge < -0.3 is 19.9 Å². The van der Waals surface area contributed by atoms with Gasteiger partial charge in [-0.1, -0.05) is 13.8 Å². The van der Waals surface area contributed by atoms with Crippen LogP contribution >= 0.6 is 0 Å². The lowest BCUT2D eigenvalue weighted by Crippen LogP contribution is -2.30. The number of carboxylic acid groups (broad SMARTS) is 1. The fraction of sp³-hybridized carbons (Fsp3) is 0.733. The van der Waals surface area contributed by atoms with Gasteiger partial charge in [-0.2, -0.15) is 0 Å². The van der Waals surface area contributed by atoms with E-state index in [9.17, 15) is 4.79 Å². The van der Waals surface area contributed by atoms with Crippen LogP contribution in [0.25, 0.3) is 0 Å². The summed E-state index contributed by atoms with van der Waals surface area (Å²) in [4.78, 5) is 17.9. The van der Waals surface area contributed by atoms with Gasteiger partial charge >= 0.3 is 6.09 Å². The summed E-state index contributed by atoms with van der Waals surface area (Å²) in [6.45, 7) is 9.22. The van der Waals surface area contributed by atoms with Crippen LogP contribution in [0.2, 0.25) is 0 Å². The summed E-state index contributed by atoms with van der Waals surface area (Å²) in [7, 11) is 2.15. The average Bonchev–Trinajstić information content (AvgIpc) is 2.94. The smallest absolute Gasteiger partial charge is 0.405 e. The first kappa shape index (κ1) is 15.8. The minimum absolute atomic E-state index is 0.168. The van der Waals surface area contributed by atoms with Crippen molar-refractivity contribution in [3.8, 4) is 0 Å². The van der Waals surface area contributed by atoms with Gasteiger partial charge in [0.1, 0.15) is 5.82 Å². The lowest BCUT2D eigenvalue weighted by molar-refractivity contribution is 0.185. The molecule has 0 saturated carbocycles. The van der Waals surface area contributed by atoms with Crippen LogP contribution in [0.3, 0.4) is 0 Å². The summed E-state index contributed by atoms with van der Waals surface area (Å²) in [5.41, 5.74) is 0.816. The largest absolute Gasteiger partial charge is 0.465 e. The van der Waals surface area contributed by atoms with Crippen LogP contribution in [0.5, 0.6) is 0 Å². The molecule has 0 bridgehead atoms. The molecule has 118 valence electrons. The first-order valence-corrected chi connectivity index (χ1v) is 7.58. The zero-order valence-corrected chi connectivity index (χ0v) is 13.3. The van der Waals surface area contributed by atoms with Gasteiger partial charge in [-0.05, 0) is 38.8 Å². The van der Waals surface area contributed by atoms with Gasteiger partial charge in [0.05, 0.1) is 11.7 Å². The molecule has 0 radical (unpaired) electrons. The second kappa shape index (κ2) is 6.47. The summed E-state index contributed by atoms with van der Waals surface area (Å²) in [5.74, 6) is 1.78. The maximum absolute atomic E-state index is 10.9. The number of aryl methyl sites for hydroxylation is 1. The molecule has 2 rings (SSSR count). The number of nitrogens with zero attached hydrogens (tertiary/aromatic N) is 3. The van der Waals surface area contributed by atoms with Crippen LogP contribution in [0.15, 0.2) is 6.20 Å². The monoisotopic (exact) mass is 294 g/mol. The molecule has 1 fully saturated rings. The zero-order valence-electron chi connectivity index (χ0n) is 13.3. The maximum Gasteiger partial charge on any atom is 0.405 e. The molecular weight excluding hydrogens is 268 g/mol. The van der Waals surface area contributed by atoms with E-state index in [0.717, 1.165) is 31.2 Å². The first-order chi connectivity index (χ1) is 9.86. The molecule has 0 aliphatic carbocycles. The summed E-state index contributed by atoms with van der Waals surface area (Å²) < 4.78 is 2.16. The number of likely N-dealkylation sites (tertiary alicyclic amines) is 1. The number of hydrogen-bond donors (Lipinski definition) is 2. The van der Waals surface area contributed by atoms with E-state index in [-0.39, 0.29) is 12.0 Å². The number of aromatic nitrogens is 2. The normalized spacial score (nSPS) is 20.9. The van der Waals surface area contributed by atoms with Crippen molar-refractivity contribution in [1.29, 1.82) is 0 Å². The Bertz CT molecular complexity index is 498. The third-order valence-corrected chi connectivity index (χ3v) is 4.20. The predicted molar refractivity (Wildman–Crippen MR) is 81.3 cm³/mol. The van der Waals surface area contributed by atoms with Crippen molar-refractivity contribution in [1.82, 2.24) is 19.8 Å². The highest BCUT2D eigenvalue weighted by Crippen LogP contribution is 2.23. The van der Waals surface area contributed by atoms with Crippen molar-refractivity contribution in [3.63, 3.8) is 0 Å². The van der Waals surface area contributed by atoms with Crippen molar-refractivity contribution in [3.05, 3.63) is 17.7 Å². The molecule has 1 saturated heterocycles. The van der Waals surface area contributed by atoms with E-state index in [4.69, 9.17) is 5.11 Å². The molecule has 0 aromatic carbocycles. The summed E-state index contributed by atoms with van der Waals surface area (Å²) in [5, 5.41) is 11.5. The van der Waals surface area contributed by atoms with Crippen LogP contribution in [-0.4, -0.2) is 45.8 Å². The summed E-state index contributed by atoms with van der Waals surface area (Å²) >= 11 is 0. The maximum atomic E-state index is 10.9. The molecule has 1 aliphatic heterocycles. The van der Waals surface area contributed by atoms with E-state index in [1.807, 2.05) is 27.0 Å². The molecule has 2 atom stereocenters. The van der Waals surface area contributed by atoms with Crippen LogP contribution < -0.4 is 5.32 Å². The van der Waals surface area contributed by atoms with Crippen molar-refractivity contribution in [2.45, 2.75) is 39.8 Å². The Balaban J connectivity index is 2.11. The molecule has 1 aromatic heterocycles. The van der Waals surface area contributed by atoms with E-state index in [0.29, 0.717) is 5.92 Å². The van der Waals surface area contributed by atoms with Crippen molar-refractivity contribution in [2.75, 3.05) is 20.1 Å². The molecule has 0 spiro atoms. The van der Waals surface area contributed by atoms with Gasteiger partial charge in [0.2, 0.25) is 0 Å². The van der Waals surface area contributed by atoms with Crippen LogP contribution in [-0.2, 0) is 6.54 Å². The van der Waals surface area contributed by atoms with Crippen molar-refractivity contribution >= 4 is 6.09 Å². The Morgan fingerprint density at radius 1 is 1.57 bits per heavy atom. The van der Waals surface area contributed by atoms with E-state index in [2.05, 4.69) is 26.8 Å². The average molecular weight is 294 g/mol. The number of amides is 1. The summed E-state index contributed by atoms with van der Waals surface area (Å²) in [6, 6.07) is -0.256. The second-order valence-corrected chi connectivity index (χ2v) is 6.45. The Labute approximate surface area is 126 Å². The molecule has 6 heteroatoms. The van der Waals surface area contributed by atoms with Gasteiger partial charge in [0.15, 0.2) is 0 Å². The number of nitrogens with one attached hydrogen (secondary N) is 1. The molecule has 6 nitrogen and oxygen atoms in total. The number of hydrogen-bond acceptors (Lipinski definition) is 3. The highest BCUT2D eigenvalue weighted by molar-refractivity contribution is 5.65. The highest BCUT2D eigenvalue weighted by atomic mass is 16.4. The van der Waals surface area contributed by atoms with Gasteiger partial charge in [-0.25, -0.2) is 9.78 Å². The van der Waals surface area contributed by atoms with Crippen molar-refractivity contribution in [2.24, 2.45) is 11.8 Å². The fourth-order valence-electron chi connectivity index (χ4n) is 3.04. The minimum atomic E-state index is -1.00. The molecule has 1 amide bonds. The van der Waals surface area contributed by atoms with Crippen LogP contribution in [0.4, 0.5) is 4.79 Å². The Morgan fingerprint density at radius 3 is 2.81 bits per heavy atom. The molecular formula is C15H26N4O2. The predicted octanol–water partition coefficient (Wildman–Crippen LogP) is 2.11. The number of imidazole rings is 1. The number of carbonyl (C=O) groups is 1. The molecule has 2 heterocycles. The molecule has 2 N–H and O–H groups in total. The molecule has 0 unspecified atom stereocenters. The van der Waals surface area contributed by atoms with Gasteiger partial charge in [0, 0.05) is 19.3 Å². The Kier molecular flexibility index (Phi) is 4.88. The van der Waals surface area contributed by atoms with Crippen molar-refractivity contribution < 1.29 is 9.90 Å². The SMILES string of the molecule is Cc1nc([C@@H](NC(=O)O)C(C)C)cn1C[C@H]1CCN(C)C1. The lowest BCUT2D eigenvalue weighted by atomic mass is 10.0.